The third-order valence-electron chi connectivity index (χ3n) is 3.67. The highest BCUT2D eigenvalue weighted by Crippen LogP contribution is 2.36. The third-order valence-corrected chi connectivity index (χ3v) is 3.67. The number of hydrogen-bond acceptors (Lipinski definition) is 0. The van der Waals surface area contributed by atoms with Crippen molar-refractivity contribution in [3.8, 4) is 0 Å². The van der Waals surface area contributed by atoms with Crippen LogP contribution in [0.15, 0.2) is 54.1 Å². The van der Waals surface area contributed by atoms with Gasteiger partial charge in [0.1, 0.15) is 0 Å². The standard InChI is InChI=1S/C17H22/c1-3-4-9-15-10-8-13-17(2,14-15)16-11-6-5-7-12-16/h5-8,10-13H,3-4,9,14H2,1-2H3. The maximum absolute atomic E-state index is 2.35. The Bertz CT molecular complexity index is 411. The van der Waals surface area contributed by atoms with Crippen molar-refractivity contribution >= 4 is 0 Å². The predicted octanol–water partition coefficient (Wildman–Crippen LogP) is 5.02. The summed E-state index contributed by atoms with van der Waals surface area (Å²) in [5, 5.41) is 0. The molecule has 90 valence electrons. The van der Waals surface area contributed by atoms with E-state index in [0.29, 0.717) is 0 Å². The van der Waals surface area contributed by atoms with Gasteiger partial charge in [0.15, 0.2) is 0 Å². The lowest BCUT2D eigenvalue weighted by Crippen LogP contribution is -2.21. The summed E-state index contributed by atoms with van der Waals surface area (Å²) in [6, 6.07) is 10.9. The Kier molecular flexibility index (Phi) is 3.83. The summed E-state index contributed by atoms with van der Waals surface area (Å²) < 4.78 is 0. The molecule has 0 bridgehead atoms. The summed E-state index contributed by atoms with van der Waals surface area (Å²) in [6.45, 7) is 4.60. The minimum absolute atomic E-state index is 0.194. The summed E-state index contributed by atoms with van der Waals surface area (Å²) in [5.74, 6) is 0. The highest BCUT2D eigenvalue weighted by Gasteiger charge is 2.26. The highest BCUT2D eigenvalue weighted by atomic mass is 14.3. The van der Waals surface area contributed by atoms with Crippen LogP contribution in [0.4, 0.5) is 0 Å². The Morgan fingerprint density at radius 1 is 1.18 bits per heavy atom. The SMILES string of the molecule is CCCCC1=CC=CC(C)(c2ccccc2)C1. The Morgan fingerprint density at radius 2 is 1.94 bits per heavy atom. The first-order valence-electron chi connectivity index (χ1n) is 6.67. The molecule has 0 radical (unpaired) electrons. The van der Waals surface area contributed by atoms with Crippen LogP contribution in [0.5, 0.6) is 0 Å². The van der Waals surface area contributed by atoms with Crippen molar-refractivity contribution < 1.29 is 0 Å². The Labute approximate surface area is 105 Å². The molecule has 1 atom stereocenters. The van der Waals surface area contributed by atoms with Gasteiger partial charge in [-0.1, -0.05) is 74.4 Å². The summed E-state index contributed by atoms with van der Waals surface area (Å²) in [7, 11) is 0. The summed E-state index contributed by atoms with van der Waals surface area (Å²) in [4.78, 5) is 0. The topological polar surface area (TPSA) is 0 Å². The first-order valence-corrected chi connectivity index (χ1v) is 6.67. The van der Waals surface area contributed by atoms with E-state index in [4.69, 9.17) is 0 Å². The molecule has 0 heterocycles. The Hall–Kier alpha value is -1.30. The van der Waals surface area contributed by atoms with Crippen LogP contribution in [0, 0.1) is 0 Å². The van der Waals surface area contributed by atoms with E-state index in [0.717, 1.165) is 0 Å². The molecule has 0 heteroatoms. The predicted molar refractivity (Wildman–Crippen MR) is 75.2 cm³/mol. The summed E-state index contributed by atoms with van der Waals surface area (Å²) in [5.41, 5.74) is 3.22. The molecule has 2 rings (SSSR count). The van der Waals surface area contributed by atoms with Gasteiger partial charge in [-0.3, -0.25) is 0 Å². The second kappa shape index (κ2) is 5.35. The minimum atomic E-state index is 0.194. The van der Waals surface area contributed by atoms with Crippen LogP contribution in [0.2, 0.25) is 0 Å². The quantitative estimate of drug-likeness (QED) is 0.676. The van der Waals surface area contributed by atoms with Crippen LogP contribution in [0.3, 0.4) is 0 Å². The maximum atomic E-state index is 2.35. The minimum Gasteiger partial charge on any atom is -0.0739 e. The van der Waals surface area contributed by atoms with E-state index in [-0.39, 0.29) is 5.41 Å². The highest BCUT2D eigenvalue weighted by molar-refractivity contribution is 5.37. The lowest BCUT2D eigenvalue weighted by molar-refractivity contribution is 0.561. The lowest BCUT2D eigenvalue weighted by atomic mass is 9.74. The molecular weight excluding hydrogens is 204 g/mol. The monoisotopic (exact) mass is 226 g/mol. The molecule has 0 aliphatic heterocycles. The molecular formula is C17H22. The Balaban J connectivity index is 2.14. The van der Waals surface area contributed by atoms with Crippen LogP contribution in [0.25, 0.3) is 0 Å². The van der Waals surface area contributed by atoms with Crippen molar-refractivity contribution in [3.05, 3.63) is 59.7 Å². The van der Waals surface area contributed by atoms with Gasteiger partial charge in [0.2, 0.25) is 0 Å². The molecule has 17 heavy (non-hydrogen) atoms. The molecule has 0 amide bonds. The van der Waals surface area contributed by atoms with Crippen molar-refractivity contribution in [2.45, 2.75) is 44.9 Å². The fraction of sp³-hybridized carbons (Fsp3) is 0.412. The van der Waals surface area contributed by atoms with Crippen LogP contribution in [-0.4, -0.2) is 0 Å². The molecule has 0 N–H and O–H groups in total. The molecule has 0 nitrogen and oxygen atoms in total. The molecule has 1 aromatic carbocycles. The second-order valence-electron chi connectivity index (χ2n) is 5.25. The molecule has 0 saturated heterocycles. The van der Waals surface area contributed by atoms with E-state index in [9.17, 15) is 0 Å². The normalized spacial score (nSPS) is 23.5. The van der Waals surface area contributed by atoms with Gasteiger partial charge < -0.3 is 0 Å². The lowest BCUT2D eigenvalue weighted by Gasteiger charge is -2.30. The van der Waals surface area contributed by atoms with Gasteiger partial charge in [0, 0.05) is 5.41 Å². The van der Waals surface area contributed by atoms with E-state index in [2.05, 4.69) is 62.4 Å². The fourth-order valence-corrected chi connectivity index (χ4v) is 2.58. The Morgan fingerprint density at radius 3 is 2.65 bits per heavy atom. The van der Waals surface area contributed by atoms with Gasteiger partial charge in [0.05, 0.1) is 0 Å². The molecule has 1 aliphatic rings. The van der Waals surface area contributed by atoms with E-state index in [1.165, 1.54) is 31.2 Å². The van der Waals surface area contributed by atoms with Crippen molar-refractivity contribution in [2.75, 3.05) is 0 Å². The van der Waals surface area contributed by atoms with Crippen molar-refractivity contribution in [2.24, 2.45) is 0 Å². The molecule has 0 fully saturated rings. The van der Waals surface area contributed by atoms with Crippen molar-refractivity contribution in [3.63, 3.8) is 0 Å². The van der Waals surface area contributed by atoms with Crippen LogP contribution in [0.1, 0.15) is 45.1 Å². The van der Waals surface area contributed by atoms with Crippen LogP contribution < -0.4 is 0 Å². The van der Waals surface area contributed by atoms with Gasteiger partial charge in [-0.05, 0) is 24.8 Å². The first kappa shape index (κ1) is 12.2. The average Bonchev–Trinajstić information content (AvgIpc) is 2.38. The van der Waals surface area contributed by atoms with Gasteiger partial charge >= 0.3 is 0 Å². The van der Waals surface area contributed by atoms with Gasteiger partial charge in [-0.2, -0.15) is 0 Å². The number of hydrogen-bond donors (Lipinski definition) is 0. The van der Waals surface area contributed by atoms with Crippen molar-refractivity contribution in [1.29, 1.82) is 0 Å². The zero-order valence-electron chi connectivity index (χ0n) is 10.9. The number of benzene rings is 1. The smallest absolute Gasteiger partial charge is 0.0144 e. The molecule has 0 aromatic heterocycles. The fourth-order valence-electron chi connectivity index (χ4n) is 2.58. The van der Waals surface area contributed by atoms with Crippen LogP contribution >= 0.6 is 0 Å². The number of rotatable bonds is 4. The van der Waals surface area contributed by atoms with E-state index in [1.807, 2.05) is 0 Å². The summed E-state index contributed by atoms with van der Waals surface area (Å²) >= 11 is 0. The van der Waals surface area contributed by atoms with E-state index < -0.39 is 0 Å². The third kappa shape index (κ3) is 2.88. The van der Waals surface area contributed by atoms with Crippen molar-refractivity contribution in [1.82, 2.24) is 0 Å². The van der Waals surface area contributed by atoms with Gasteiger partial charge in [0.25, 0.3) is 0 Å². The number of unbranched alkanes of at least 4 members (excludes halogenated alkanes) is 1. The maximum Gasteiger partial charge on any atom is 0.0144 e. The molecule has 1 unspecified atom stereocenters. The van der Waals surface area contributed by atoms with Gasteiger partial charge in [-0.25, -0.2) is 0 Å². The van der Waals surface area contributed by atoms with Crippen LogP contribution in [-0.2, 0) is 5.41 Å². The molecule has 1 aliphatic carbocycles. The van der Waals surface area contributed by atoms with E-state index >= 15 is 0 Å². The first-order chi connectivity index (χ1) is 8.24. The molecule has 0 saturated carbocycles. The van der Waals surface area contributed by atoms with E-state index in [1.54, 1.807) is 5.57 Å². The summed E-state index contributed by atoms with van der Waals surface area (Å²) in [6.07, 6.45) is 11.9. The zero-order chi connectivity index (χ0) is 12.1. The number of allylic oxidation sites excluding steroid dienone is 4. The zero-order valence-corrected chi connectivity index (χ0v) is 10.9. The second-order valence-corrected chi connectivity index (χ2v) is 5.25. The average molecular weight is 226 g/mol. The molecule has 0 spiro atoms. The van der Waals surface area contributed by atoms with Gasteiger partial charge in [-0.15, -0.1) is 0 Å². The largest absolute Gasteiger partial charge is 0.0739 e. The molecule has 1 aromatic rings.